The Bertz CT molecular complexity index is 948. The van der Waals surface area contributed by atoms with Crippen molar-refractivity contribution in [3.8, 4) is 0 Å². The maximum absolute atomic E-state index is 11.4. The second kappa shape index (κ2) is 10.9. The molecule has 0 spiro atoms. The molecule has 2 aromatic carbocycles. The first kappa shape index (κ1) is 27.2. The quantitative estimate of drug-likeness (QED) is 0.351. The molecule has 2 aliphatic heterocycles. The molecule has 0 amide bonds. The van der Waals surface area contributed by atoms with Crippen molar-refractivity contribution in [1.29, 1.82) is 0 Å². The van der Waals surface area contributed by atoms with E-state index in [1.165, 1.54) is 10.4 Å². The highest BCUT2D eigenvalue weighted by atomic mass is 28.4. The second-order valence-electron chi connectivity index (χ2n) is 11.8. The molecule has 6 heteroatoms. The van der Waals surface area contributed by atoms with Crippen molar-refractivity contribution in [2.45, 2.75) is 95.4 Å². The third kappa shape index (κ3) is 5.84. The van der Waals surface area contributed by atoms with Gasteiger partial charge in [-0.15, -0.1) is 0 Å². The van der Waals surface area contributed by atoms with Crippen molar-refractivity contribution in [2.24, 2.45) is 0 Å². The molecule has 2 saturated heterocycles. The van der Waals surface area contributed by atoms with E-state index < -0.39 is 19.7 Å². The Morgan fingerprint density at radius 2 is 1.58 bits per heavy atom. The van der Waals surface area contributed by atoms with Crippen LogP contribution in [-0.2, 0) is 23.4 Å². The second-order valence-corrected chi connectivity index (χ2v) is 16.1. The predicted octanol–water partition coefficient (Wildman–Crippen LogP) is 5.00. The highest BCUT2D eigenvalue weighted by Crippen LogP contribution is 2.41. The van der Waals surface area contributed by atoms with Crippen LogP contribution in [0.25, 0.3) is 0 Å². The summed E-state index contributed by atoms with van der Waals surface area (Å²) in [6, 6.07) is 21.4. The van der Waals surface area contributed by atoms with Gasteiger partial charge in [-0.05, 0) is 48.5 Å². The average Bonchev–Trinajstić information content (AvgIpc) is 3.18. The lowest BCUT2D eigenvalue weighted by molar-refractivity contribution is -0.179. The lowest BCUT2D eigenvalue weighted by Crippen LogP contribution is -2.68. The zero-order chi connectivity index (χ0) is 25.9. The van der Waals surface area contributed by atoms with E-state index in [1.807, 2.05) is 13.8 Å². The van der Waals surface area contributed by atoms with Gasteiger partial charge in [-0.25, -0.2) is 0 Å². The third-order valence-electron chi connectivity index (χ3n) is 7.57. The predicted molar refractivity (Wildman–Crippen MR) is 145 cm³/mol. The van der Waals surface area contributed by atoms with Crippen LogP contribution in [0, 0.1) is 0 Å². The first-order valence-corrected chi connectivity index (χ1v) is 15.2. The van der Waals surface area contributed by atoms with E-state index in [0.717, 1.165) is 25.5 Å². The van der Waals surface area contributed by atoms with Crippen molar-refractivity contribution < 1.29 is 23.4 Å². The van der Waals surface area contributed by atoms with Gasteiger partial charge in [0.15, 0.2) is 5.79 Å². The summed E-state index contributed by atoms with van der Waals surface area (Å²) in [5, 5.41) is 2.38. The van der Waals surface area contributed by atoms with E-state index in [-0.39, 0.29) is 17.2 Å². The Balaban J connectivity index is 1.72. The molecule has 0 saturated carbocycles. The van der Waals surface area contributed by atoms with Crippen molar-refractivity contribution in [3.63, 3.8) is 0 Å². The number of benzene rings is 2. The first-order chi connectivity index (χ1) is 17.1. The summed E-state index contributed by atoms with van der Waals surface area (Å²) in [5.74, 6) is -0.596. The van der Waals surface area contributed by atoms with Gasteiger partial charge in [0.2, 0.25) is 0 Å². The minimum absolute atomic E-state index is 0.0715. The van der Waals surface area contributed by atoms with Gasteiger partial charge in [-0.2, -0.15) is 0 Å². The zero-order valence-corrected chi connectivity index (χ0v) is 23.5. The molecule has 5 nitrogen and oxygen atoms in total. The Hall–Kier alpha value is -1.83. The molecule has 0 aromatic heterocycles. The largest absolute Gasteiger partial charge is 0.404 e. The summed E-state index contributed by atoms with van der Waals surface area (Å²) in [5.41, 5.74) is -0.534. The van der Waals surface area contributed by atoms with Gasteiger partial charge < -0.3 is 23.4 Å². The number of ether oxygens (including phenoxy) is 3. The average molecular weight is 511 g/mol. The molecule has 196 valence electrons. The van der Waals surface area contributed by atoms with Crippen LogP contribution < -0.4 is 10.4 Å². The van der Waals surface area contributed by atoms with E-state index in [2.05, 4.69) is 81.4 Å². The van der Waals surface area contributed by atoms with Crippen molar-refractivity contribution >= 4 is 25.0 Å². The molecule has 4 rings (SSSR count). The Morgan fingerprint density at radius 1 is 0.972 bits per heavy atom. The summed E-state index contributed by atoms with van der Waals surface area (Å²) in [7, 11) is -2.73. The molecule has 0 radical (unpaired) electrons. The molecular weight excluding hydrogens is 468 g/mol. The minimum Gasteiger partial charge on any atom is -0.404 e. The molecule has 0 N–H and O–H groups in total. The van der Waals surface area contributed by atoms with Crippen LogP contribution in [0.15, 0.2) is 60.7 Å². The van der Waals surface area contributed by atoms with E-state index in [1.54, 1.807) is 0 Å². The van der Waals surface area contributed by atoms with Gasteiger partial charge in [0.05, 0.1) is 31.0 Å². The number of rotatable bonds is 9. The number of carbonyl (C=O) groups excluding carboxylic acids is 1. The topological polar surface area (TPSA) is 54.0 Å². The van der Waals surface area contributed by atoms with Crippen LogP contribution in [0.5, 0.6) is 0 Å². The van der Waals surface area contributed by atoms with Gasteiger partial charge in [-0.1, -0.05) is 81.4 Å². The van der Waals surface area contributed by atoms with Crippen LogP contribution in [0.1, 0.15) is 66.7 Å². The normalized spacial score (nSPS) is 26.6. The van der Waals surface area contributed by atoms with E-state index in [0.29, 0.717) is 26.1 Å². The molecular formula is C30H42O5Si. The standard InChI is InChI=1S/C30H42O5Si/c1-28(2,3)36(26-14-8-6-9-15-26,27-16-10-7-11-17-27)33-23-30(19-12-13-24(35-30)18-20-31)21-25-22-32-29(4,5)34-25/h6-11,14-17,20,24-25H,12-13,18-19,21-23H2,1-5H3/t24-,25?,30-/m0/s1. The van der Waals surface area contributed by atoms with Crippen molar-refractivity contribution in [1.82, 2.24) is 0 Å². The van der Waals surface area contributed by atoms with Gasteiger partial charge >= 0.3 is 0 Å². The molecule has 2 aromatic rings. The summed E-state index contributed by atoms with van der Waals surface area (Å²) < 4.78 is 26.2. The van der Waals surface area contributed by atoms with Gasteiger partial charge in [-0.3, -0.25) is 0 Å². The zero-order valence-electron chi connectivity index (χ0n) is 22.5. The Kier molecular flexibility index (Phi) is 8.22. The first-order valence-electron chi connectivity index (χ1n) is 13.3. The number of hydrogen-bond donors (Lipinski definition) is 0. The van der Waals surface area contributed by atoms with Crippen molar-refractivity contribution in [2.75, 3.05) is 13.2 Å². The lowest BCUT2D eigenvalue weighted by Gasteiger charge is -2.48. The smallest absolute Gasteiger partial charge is 0.261 e. The molecule has 2 fully saturated rings. The Morgan fingerprint density at radius 3 is 2.08 bits per heavy atom. The fourth-order valence-electron chi connectivity index (χ4n) is 5.99. The maximum Gasteiger partial charge on any atom is 0.261 e. The molecule has 0 bridgehead atoms. The summed E-state index contributed by atoms with van der Waals surface area (Å²) in [4.78, 5) is 11.4. The number of aldehydes is 1. The number of carbonyl (C=O) groups is 1. The van der Waals surface area contributed by atoms with Crippen LogP contribution in [0.3, 0.4) is 0 Å². The molecule has 2 aliphatic rings. The van der Waals surface area contributed by atoms with Crippen LogP contribution >= 0.6 is 0 Å². The fraction of sp³-hybridized carbons (Fsp3) is 0.567. The molecule has 1 unspecified atom stereocenters. The lowest BCUT2D eigenvalue weighted by atomic mass is 9.86. The van der Waals surface area contributed by atoms with Crippen molar-refractivity contribution in [3.05, 3.63) is 60.7 Å². The van der Waals surface area contributed by atoms with Crippen LogP contribution in [-0.4, -0.2) is 51.4 Å². The van der Waals surface area contributed by atoms with Gasteiger partial charge in [0, 0.05) is 12.8 Å². The molecule has 2 heterocycles. The van der Waals surface area contributed by atoms with E-state index in [4.69, 9.17) is 18.6 Å². The Labute approximate surface area is 217 Å². The van der Waals surface area contributed by atoms with E-state index >= 15 is 0 Å². The van der Waals surface area contributed by atoms with Crippen LogP contribution in [0.4, 0.5) is 0 Å². The summed E-state index contributed by atoms with van der Waals surface area (Å²) in [6.45, 7) is 11.8. The third-order valence-corrected chi connectivity index (χ3v) is 12.6. The minimum atomic E-state index is -2.73. The van der Waals surface area contributed by atoms with E-state index in [9.17, 15) is 4.79 Å². The monoisotopic (exact) mass is 510 g/mol. The number of hydrogen-bond acceptors (Lipinski definition) is 5. The molecule has 36 heavy (non-hydrogen) atoms. The fourth-order valence-corrected chi connectivity index (χ4v) is 10.6. The molecule has 3 atom stereocenters. The van der Waals surface area contributed by atoms with Crippen LogP contribution in [0.2, 0.25) is 5.04 Å². The summed E-state index contributed by atoms with van der Waals surface area (Å²) in [6.07, 6.45) is 4.68. The highest BCUT2D eigenvalue weighted by Gasteiger charge is 2.52. The molecule has 0 aliphatic carbocycles. The van der Waals surface area contributed by atoms with Gasteiger partial charge in [0.25, 0.3) is 8.32 Å². The highest BCUT2D eigenvalue weighted by molar-refractivity contribution is 6.99. The van der Waals surface area contributed by atoms with Gasteiger partial charge in [0.1, 0.15) is 6.29 Å². The maximum atomic E-state index is 11.4. The summed E-state index contributed by atoms with van der Waals surface area (Å²) >= 11 is 0. The SMILES string of the molecule is CC1(C)OCC(C[C@]2(CO[Si](c3ccccc3)(c3ccccc3)C(C)(C)C)CCC[C@@H](CC=O)O2)O1.